The number of nitrogens with one attached hydrogen (secondary N) is 1. The van der Waals surface area contributed by atoms with Crippen molar-refractivity contribution in [1.82, 2.24) is 4.31 Å². The molecule has 0 aliphatic rings. The normalized spacial score (nSPS) is 12.1. The first-order valence-electron chi connectivity index (χ1n) is 7.62. The summed E-state index contributed by atoms with van der Waals surface area (Å²) < 4.78 is 68.2. The monoisotopic (exact) mass is 402 g/mol. The third-order valence-electron chi connectivity index (χ3n) is 3.45. The fourth-order valence-electron chi connectivity index (χ4n) is 2.04. The van der Waals surface area contributed by atoms with Crippen LogP contribution in [0.3, 0.4) is 0 Å². The van der Waals surface area contributed by atoms with Crippen molar-refractivity contribution in [2.75, 3.05) is 26.0 Å². The van der Waals surface area contributed by atoms with E-state index in [-0.39, 0.29) is 16.3 Å². The molecular weight excluding hydrogens is 385 g/mol. The largest absolute Gasteiger partial charge is 0.484 e. The molecule has 6 nitrogen and oxygen atoms in total. The Morgan fingerprint density at radius 1 is 1.11 bits per heavy atom. The number of carbonyl (C=O) groups is 1. The van der Waals surface area contributed by atoms with Crippen molar-refractivity contribution in [3.8, 4) is 5.75 Å². The van der Waals surface area contributed by atoms with Crippen LogP contribution in [0.5, 0.6) is 5.75 Å². The summed E-state index contributed by atoms with van der Waals surface area (Å²) in [6, 6.07) is 9.65. The Hall–Kier alpha value is -2.59. The molecule has 146 valence electrons. The maximum atomic E-state index is 12.7. The van der Waals surface area contributed by atoms with Gasteiger partial charge in [0.2, 0.25) is 10.0 Å². The predicted molar refractivity (Wildman–Crippen MR) is 92.9 cm³/mol. The van der Waals surface area contributed by atoms with E-state index in [0.29, 0.717) is 0 Å². The molecule has 0 heterocycles. The third kappa shape index (κ3) is 5.44. The lowest BCUT2D eigenvalue weighted by molar-refractivity contribution is -0.137. The molecule has 0 aromatic heterocycles. The summed E-state index contributed by atoms with van der Waals surface area (Å²) in [5.41, 5.74) is -0.884. The van der Waals surface area contributed by atoms with Crippen molar-refractivity contribution < 1.29 is 31.1 Å². The third-order valence-corrected chi connectivity index (χ3v) is 5.28. The summed E-state index contributed by atoms with van der Waals surface area (Å²) in [4.78, 5) is 11.9. The Bertz CT molecular complexity index is 911. The lowest BCUT2D eigenvalue weighted by Crippen LogP contribution is -2.22. The van der Waals surface area contributed by atoms with Crippen LogP contribution < -0.4 is 10.1 Å². The molecule has 2 rings (SSSR count). The van der Waals surface area contributed by atoms with Crippen LogP contribution >= 0.6 is 0 Å². The van der Waals surface area contributed by atoms with E-state index in [0.717, 1.165) is 16.4 Å². The summed E-state index contributed by atoms with van der Waals surface area (Å²) in [6.07, 6.45) is -4.51. The standard InChI is InChI=1S/C17H17F3N2O4S/c1-22(2)27(24,25)15-8-6-14(7-9-15)26-11-16(23)21-13-5-3-4-12(10-13)17(18,19)20/h3-10H,11H2,1-2H3,(H,21,23). The van der Waals surface area contributed by atoms with Gasteiger partial charge in [-0.3, -0.25) is 4.79 Å². The van der Waals surface area contributed by atoms with Gasteiger partial charge in [-0.1, -0.05) is 6.07 Å². The van der Waals surface area contributed by atoms with Gasteiger partial charge < -0.3 is 10.1 Å². The van der Waals surface area contributed by atoms with E-state index in [2.05, 4.69) is 5.32 Å². The minimum atomic E-state index is -4.51. The second kappa shape index (κ2) is 7.97. The van der Waals surface area contributed by atoms with Crippen LogP contribution in [0, 0.1) is 0 Å². The Morgan fingerprint density at radius 2 is 1.74 bits per heavy atom. The highest BCUT2D eigenvalue weighted by Gasteiger charge is 2.30. The number of nitrogens with zero attached hydrogens (tertiary/aromatic N) is 1. The van der Waals surface area contributed by atoms with Gasteiger partial charge in [-0.05, 0) is 42.5 Å². The van der Waals surface area contributed by atoms with Crippen molar-refractivity contribution in [1.29, 1.82) is 0 Å². The smallest absolute Gasteiger partial charge is 0.416 e. The topological polar surface area (TPSA) is 75.7 Å². The molecule has 27 heavy (non-hydrogen) atoms. The number of carbonyl (C=O) groups excluding carboxylic acids is 1. The number of rotatable bonds is 6. The Morgan fingerprint density at radius 3 is 2.30 bits per heavy atom. The lowest BCUT2D eigenvalue weighted by Gasteiger charge is -2.12. The van der Waals surface area contributed by atoms with Gasteiger partial charge in [-0.2, -0.15) is 13.2 Å². The van der Waals surface area contributed by atoms with Gasteiger partial charge in [0, 0.05) is 19.8 Å². The number of halogens is 3. The molecule has 0 unspecified atom stereocenters. The van der Waals surface area contributed by atoms with Gasteiger partial charge >= 0.3 is 6.18 Å². The SMILES string of the molecule is CN(C)S(=O)(=O)c1ccc(OCC(=O)Nc2cccc(C(F)(F)F)c2)cc1. The van der Waals surface area contributed by atoms with E-state index in [4.69, 9.17) is 4.74 Å². The van der Waals surface area contributed by atoms with Gasteiger partial charge in [0.05, 0.1) is 10.5 Å². The molecule has 0 radical (unpaired) electrons. The van der Waals surface area contributed by atoms with E-state index >= 15 is 0 Å². The Labute approximate surface area is 154 Å². The number of benzene rings is 2. The molecule has 0 saturated heterocycles. The summed E-state index contributed by atoms with van der Waals surface area (Å²) in [5, 5.41) is 2.31. The Balaban J connectivity index is 1.96. The average molecular weight is 402 g/mol. The summed E-state index contributed by atoms with van der Waals surface area (Å²) >= 11 is 0. The molecule has 0 atom stereocenters. The molecule has 2 aromatic carbocycles. The summed E-state index contributed by atoms with van der Waals surface area (Å²) in [7, 11) is -0.774. The van der Waals surface area contributed by atoms with E-state index in [1.54, 1.807) is 0 Å². The fourth-order valence-corrected chi connectivity index (χ4v) is 2.94. The van der Waals surface area contributed by atoms with E-state index in [9.17, 15) is 26.4 Å². The van der Waals surface area contributed by atoms with Gasteiger partial charge in [-0.25, -0.2) is 12.7 Å². The first-order valence-corrected chi connectivity index (χ1v) is 9.06. The van der Waals surface area contributed by atoms with Crippen molar-refractivity contribution in [3.05, 3.63) is 54.1 Å². The zero-order chi connectivity index (χ0) is 20.2. The zero-order valence-corrected chi connectivity index (χ0v) is 15.3. The lowest BCUT2D eigenvalue weighted by atomic mass is 10.2. The van der Waals surface area contributed by atoms with E-state index in [1.165, 1.54) is 50.5 Å². The number of hydrogen-bond donors (Lipinski definition) is 1. The van der Waals surface area contributed by atoms with Crippen molar-refractivity contribution >= 4 is 21.6 Å². The molecule has 10 heteroatoms. The minimum Gasteiger partial charge on any atom is -0.484 e. The highest BCUT2D eigenvalue weighted by molar-refractivity contribution is 7.89. The maximum Gasteiger partial charge on any atom is 0.416 e. The first kappa shape index (κ1) is 20.7. The van der Waals surface area contributed by atoms with Crippen LogP contribution in [-0.2, 0) is 21.0 Å². The van der Waals surface area contributed by atoms with Gasteiger partial charge in [0.25, 0.3) is 5.91 Å². The molecule has 1 amide bonds. The molecule has 0 saturated carbocycles. The van der Waals surface area contributed by atoms with Crippen LogP contribution in [0.2, 0.25) is 0 Å². The molecule has 0 fully saturated rings. The van der Waals surface area contributed by atoms with Gasteiger partial charge in [0.15, 0.2) is 6.61 Å². The highest BCUT2D eigenvalue weighted by Crippen LogP contribution is 2.30. The first-order chi connectivity index (χ1) is 12.5. The molecule has 0 aliphatic heterocycles. The molecule has 0 aliphatic carbocycles. The minimum absolute atomic E-state index is 0.00847. The zero-order valence-electron chi connectivity index (χ0n) is 14.4. The number of amides is 1. The summed E-state index contributed by atoms with van der Waals surface area (Å²) in [6.45, 7) is -0.448. The molecule has 2 aromatic rings. The van der Waals surface area contributed by atoms with Crippen molar-refractivity contribution in [3.63, 3.8) is 0 Å². The van der Waals surface area contributed by atoms with E-state index in [1.807, 2.05) is 0 Å². The maximum absolute atomic E-state index is 12.7. The predicted octanol–water partition coefficient (Wildman–Crippen LogP) is 2.97. The van der Waals surface area contributed by atoms with Crippen LogP contribution in [0.1, 0.15) is 5.56 Å². The van der Waals surface area contributed by atoms with Gasteiger partial charge in [-0.15, -0.1) is 0 Å². The van der Waals surface area contributed by atoms with Crippen LogP contribution in [-0.4, -0.2) is 39.3 Å². The number of sulfonamides is 1. The van der Waals surface area contributed by atoms with Crippen molar-refractivity contribution in [2.45, 2.75) is 11.1 Å². The Kier molecular flexibility index (Phi) is 6.11. The van der Waals surface area contributed by atoms with E-state index < -0.39 is 34.3 Å². The van der Waals surface area contributed by atoms with Crippen LogP contribution in [0.25, 0.3) is 0 Å². The quantitative estimate of drug-likeness (QED) is 0.806. The molecular formula is C17H17F3N2O4S. The number of alkyl halides is 3. The molecule has 1 N–H and O–H groups in total. The number of ether oxygens (including phenoxy) is 1. The van der Waals surface area contributed by atoms with Crippen molar-refractivity contribution in [2.24, 2.45) is 0 Å². The van der Waals surface area contributed by atoms with Crippen LogP contribution in [0.4, 0.5) is 18.9 Å². The molecule has 0 bridgehead atoms. The average Bonchev–Trinajstić information content (AvgIpc) is 2.59. The van der Waals surface area contributed by atoms with Gasteiger partial charge in [0.1, 0.15) is 5.75 Å². The number of hydrogen-bond acceptors (Lipinski definition) is 4. The molecule has 0 spiro atoms. The fraction of sp³-hybridized carbons (Fsp3) is 0.235. The second-order valence-electron chi connectivity index (χ2n) is 5.67. The second-order valence-corrected chi connectivity index (χ2v) is 7.83. The van der Waals surface area contributed by atoms with Crippen LogP contribution in [0.15, 0.2) is 53.4 Å². The summed E-state index contributed by atoms with van der Waals surface area (Å²) in [5.74, 6) is -0.411. The highest BCUT2D eigenvalue weighted by atomic mass is 32.2. The number of anilines is 1.